The molecule has 0 aromatic heterocycles. The normalized spacial score (nSPS) is 18.9. The summed E-state index contributed by atoms with van der Waals surface area (Å²) in [6.07, 6.45) is 2.38. The third kappa shape index (κ3) is 3.66. The number of ether oxygens (including phenoxy) is 1. The van der Waals surface area contributed by atoms with Crippen LogP contribution in [0.3, 0.4) is 0 Å². The second-order valence-corrected chi connectivity index (χ2v) is 6.99. The summed E-state index contributed by atoms with van der Waals surface area (Å²) < 4.78 is 31.5. The number of rotatable bonds is 6. The number of likely N-dealkylation sites (N-methyl/N-ethyl adjacent to an activating group) is 1. The van der Waals surface area contributed by atoms with Gasteiger partial charge in [-0.1, -0.05) is 0 Å². The van der Waals surface area contributed by atoms with Crippen molar-refractivity contribution in [3.8, 4) is 0 Å². The summed E-state index contributed by atoms with van der Waals surface area (Å²) in [4.78, 5) is 2.31. The number of nitrogens with one attached hydrogen (secondary N) is 1. The molecule has 0 radical (unpaired) electrons. The van der Waals surface area contributed by atoms with Crippen LogP contribution in [0.4, 0.5) is 11.4 Å². The van der Waals surface area contributed by atoms with Crippen molar-refractivity contribution in [3.63, 3.8) is 0 Å². The lowest BCUT2D eigenvalue weighted by atomic mass is 10.2. The number of nitrogens with two attached hydrogens (primary N) is 1. The van der Waals surface area contributed by atoms with E-state index in [1.165, 1.54) is 13.1 Å². The Morgan fingerprint density at radius 2 is 2.24 bits per heavy atom. The Hall–Kier alpha value is -1.31. The first kappa shape index (κ1) is 16.1. The second-order valence-electron chi connectivity index (χ2n) is 5.10. The predicted molar refractivity (Wildman–Crippen MR) is 84.0 cm³/mol. The summed E-state index contributed by atoms with van der Waals surface area (Å²) in [5, 5.41) is 0. The standard InChI is InChI=1S/C14H23N3O3S/c1-3-17(10-11-5-4-8-20-11)14-7-6-12(9-13(14)15)21(18,19)16-2/h6-7,9,11,16H,3-5,8,10,15H2,1-2H3. The Labute approximate surface area is 126 Å². The zero-order valence-corrected chi connectivity index (χ0v) is 13.3. The minimum absolute atomic E-state index is 0.180. The molecule has 7 heteroatoms. The fourth-order valence-electron chi connectivity index (χ4n) is 2.54. The van der Waals surface area contributed by atoms with Gasteiger partial charge in [-0.25, -0.2) is 13.1 Å². The van der Waals surface area contributed by atoms with E-state index < -0.39 is 10.0 Å². The molecule has 1 heterocycles. The molecule has 0 spiro atoms. The van der Waals surface area contributed by atoms with Crippen molar-refractivity contribution in [1.82, 2.24) is 4.72 Å². The van der Waals surface area contributed by atoms with Gasteiger partial charge in [-0.15, -0.1) is 0 Å². The molecule has 3 N–H and O–H groups in total. The van der Waals surface area contributed by atoms with E-state index in [1.54, 1.807) is 12.1 Å². The summed E-state index contributed by atoms with van der Waals surface area (Å²) in [5.74, 6) is 0. The molecule has 1 saturated heterocycles. The maximum absolute atomic E-state index is 11.8. The van der Waals surface area contributed by atoms with E-state index in [-0.39, 0.29) is 11.0 Å². The van der Waals surface area contributed by atoms with Gasteiger partial charge < -0.3 is 15.4 Å². The van der Waals surface area contributed by atoms with Crippen molar-refractivity contribution in [1.29, 1.82) is 0 Å². The Bertz CT molecular complexity index is 583. The minimum Gasteiger partial charge on any atom is -0.397 e. The zero-order valence-electron chi connectivity index (χ0n) is 12.5. The highest BCUT2D eigenvalue weighted by atomic mass is 32.2. The quantitative estimate of drug-likeness (QED) is 0.771. The van der Waals surface area contributed by atoms with Gasteiger partial charge in [-0.3, -0.25) is 0 Å². The number of benzene rings is 1. The molecule has 1 aliphatic rings. The van der Waals surface area contributed by atoms with Crippen LogP contribution in [0.2, 0.25) is 0 Å². The molecule has 1 aromatic rings. The average Bonchev–Trinajstić information content (AvgIpc) is 2.98. The molecule has 1 aromatic carbocycles. The van der Waals surface area contributed by atoms with E-state index in [2.05, 4.69) is 9.62 Å². The van der Waals surface area contributed by atoms with Crippen LogP contribution in [0, 0.1) is 0 Å². The maximum Gasteiger partial charge on any atom is 0.240 e. The lowest BCUT2D eigenvalue weighted by molar-refractivity contribution is 0.116. The van der Waals surface area contributed by atoms with Crippen LogP contribution in [0.15, 0.2) is 23.1 Å². The van der Waals surface area contributed by atoms with Crippen molar-refractivity contribution < 1.29 is 13.2 Å². The smallest absolute Gasteiger partial charge is 0.240 e. The molecule has 0 bridgehead atoms. The van der Waals surface area contributed by atoms with Crippen LogP contribution < -0.4 is 15.4 Å². The van der Waals surface area contributed by atoms with Crippen molar-refractivity contribution in [2.24, 2.45) is 0 Å². The van der Waals surface area contributed by atoms with Crippen molar-refractivity contribution in [3.05, 3.63) is 18.2 Å². The molecule has 1 aliphatic heterocycles. The number of nitrogen functional groups attached to an aromatic ring is 1. The molecule has 0 aliphatic carbocycles. The summed E-state index contributed by atoms with van der Waals surface area (Å²) in [6, 6.07) is 4.84. The lowest BCUT2D eigenvalue weighted by Crippen LogP contribution is -2.32. The number of sulfonamides is 1. The molecule has 1 atom stereocenters. The number of hydrogen-bond acceptors (Lipinski definition) is 5. The van der Waals surface area contributed by atoms with Crippen molar-refractivity contribution in [2.75, 3.05) is 37.4 Å². The summed E-state index contributed by atoms with van der Waals surface area (Å²) in [7, 11) is -2.08. The third-order valence-electron chi connectivity index (χ3n) is 3.75. The SMILES string of the molecule is CCN(CC1CCCO1)c1ccc(S(=O)(=O)NC)cc1N. The highest BCUT2D eigenvalue weighted by molar-refractivity contribution is 7.89. The van der Waals surface area contributed by atoms with Gasteiger partial charge in [-0.2, -0.15) is 0 Å². The summed E-state index contributed by atoms with van der Waals surface area (Å²) >= 11 is 0. The number of hydrogen-bond donors (Lipinski definition) is 2. The molecule has 1 fully saturated rings. The molecule has 1 unspecified atom stereocenters. The Morgan fingerprint density at radius 3 is 2.76 bits per heavy atom. The molecular weight excluding hydrogens is 290 g/mol. The Balaban J connectivity index is 2.22. The van der Waals surface area contributed by atoms with Gasteiger partial charge in [0.05, 0.1) is 22.4 Å². The van der Waals surface area contributed by atoms with Crippen LogP contribution in [0.25, 0.3) is 0 Å². The molecule has 2 rings (SSSR count). The largest absolute Gasteiger partial charge is 0.397 e. The molecule has 6 nitrogen and oxygen atoms in total. The van der Waals surface area contributed by atoms with Crippen LogP contribution in [0.1, 0.15) is 19.8 Å². The summed E-state index contributed by atoms with van der Waals surface area (Å²) in [6.45, 7) is 4.44. The minimum atomic E-state index is -3.47. The van der Waals surface area contributed by atoms with E-state index in [1.807, 2.05) is 6.92 Å². The van der Waals surface area contributed by atoms with E-state index in [0.29, 0.717) is 5.69 Å². The van der Waals surface area contributed by atoms with E-state index in [9.17, 15) is 8.42 Å². The zero-order chi connectivity index (χ0) is 15.5. The second kappa shape index (κ2) is 6.64. The Morgan fingerprint density at radius 1 is 1.48 bits per heavy atom. The molecule has 21 heavy (non-hydrogen) atoms. The van der Waals surface area contributed by atoms with Gasteiger partial charge in [0.1, 0.15) is 0 Å². The van der Waals surface area contributed by atoms with Gasteiger partial charge >= 0.3 is 0 Å². The first-order chi connectivity index (χ1) is 9.97. The average molecular weight is 313 g/mol. The first-order valence-corrected chi connectivity index (χ1v) is 8.66. The van der Waals surface area contributed by atoms with Crippen LogP contribution in [0.5, 0.6) is 0 Å². The van der Waals surface area contributed by atoms with E-state index in [0.717, 1.165) is 38.2 Å². The van der Waals surface area contributed by atoms with Gasteiger partial charge in [0.15, 0.2) is 0 Å². The monoisotopic (exact) mass is 313 g/mol. The molecule has 118 valence electrons. The van der Waals surface area contributed by atoms with Crippen LogP contribution in [-0.4, -0.2) is 41.3 Å². The van der Waals surface area contributed by atoms with Gasteiger partial charge in [0.25, 0.3) is 0 Å². The van der Waals surface area contributed by atoms with Crippen molar-refractivity contribution >= 4 is 21.4 Å². The van der Waals surface area contributed by atoms with E-state index in [4.69, 9.17) is 10.5 Å². The van der Waals surface area contributed by atoms with Gasteiger partial charge in [0.2, 0.25) is 10.0 Å². The molecular formula is C14H23N3O3S. The van der Waals surface area contributed by atoms with E-state index >= 15 is 0 Å². The van der Waals surface area contributed by atoms with Crippen molar-refractivity contribution in [2.45, 2.75) is 30.8 Å². The third-order valence-corrected chi connectivity index (χ3v) is 5.16. The topological polar surface area (TPSA) is 84.7 Å². The highest BCUT2D eigenvalue weighted by Gasteiger charge is 2.21. The molecule has 0 saturated carbocycles. The summed E-state index contributed by atoms with van der Waals surface area (Å²) in [5.41, 5.74) is 7.36. The molecule has 0 amide bonds. The van der Waals surface area contributed by atoms with Crippen LogP contribution in [-0.2, 0) is 14.8 Å². The maximum atomic E-state index is 11.8. The highest BCUT2D eigenvalue weighted by Crippen LogP contribution is 2.27. The van der Waals surface area contributed by atoms with Gasteiger partial charge in [0, 0.05) is 19.7 Å². The van der Waals surface area contributed by atoms with Gasteiger partial charge in [-0.05, 0) is 45.0 Å². The predicted octanol–water partition coefficient (Wildman–Crippen LogP) is 1.18. The fraction of sp³-hybridized carbons (Fsp3) is 0.571. The van der Waals surface area contributed by atoms with Crippen LogP contribution >= 0.6 is 0 Å². The fourth-order valence-corrected chi connectivity index (χ4v) is 3.30. The Kier molecular flexibility index (Phi) is 5.08. The first-order valence-electron chi connectivity index (χ1n) is 7.17. The number of anilines is 2. The number of nitrogens with zero attached hydrogens (tertiary/aromatic N) is 1. The lowest BCUT2D eigenvalue weighted by Gasteiger charge is -2.27.